The van der Waals surface area contributed by atoms with Crippen LogP contribution in [-0.2, 0) is 9.84 Å². The molecule has 1 aromatic rings. The van der Waals surface area contributed by atoms with Gasteiger partial charge in [0.2, 0.25) is 0 Å². The van der Waals surface area contributed by atoms with Crippen molar-refractivity contribution >= 4 is 15.7 Å². The maximum Gasteiger partial charge on any atom is 0.254 e. The Bertz CT molecular complexity index is 814. The average Bonchev–Trinajstić information content (AvgIpc) is 3.40. The topological polar surface area (TPSA) is 76.2 Å². The lowest BCUT2D eigenvalue weighted by Crippen LogP contribution is -2.60. The molecule has 1 amide bonds. The summed E-state index contributed by atoms with van der Waals surface area (Å²) in [6, 6.07) is 4.69. The number of ether oxygens (including phenoxy) is 2. The van der Waals surface area contributed by atoms with Gasteiger partial charge in [0.1, 0.15) is 11.5 Å². The van der Waals surface area contributed by atoms with Gasteiger partial charge in [-0.3, -0.25) is 9.69 Å². The van der Waals surface area contributed by atoms with E-state index in [2.05, 4.69) is 4.90 Å². The van der Waals surface area contributed by atoms with Crippen LogP contribution in [-0.4, -0.2) is 81.6 Å². The van der Waals surface area contributed by atoms with E-state index in [4.69, 9.17) is 9.47 Å². The fourth-order valence-corrected chi connectivity index (χ4v) is 6.24. The Morgan fingerprint density at radius 2 is 1.67 bits per heavy atom. The highest BCUT2D eigenvalue weighted by Gasteiger charge is 2.48. The molecule has 2 atom stereocenters. The molecule has 4 rings (SSSR count). The Morgan fingerprint density at radius 1 is 1.04 bits per heavy atom. The summed E-state index contributed by atoms with van der Waals surface area (Å²) >= 11 is 0. The van der Waals surface area contributed by atoms with Gasteiger partial charge in [0.25, 0.3) is 5.91 Å². The van der Waals surface area contributed by atoms with E-state index < -0.39 is 9.84 Å². The summed E-state index contributed by atoms with van der Waals surface area (Å²) in [7, 11) is -0.0545. The Kier molecular flexibility index (Phi) is 4.80. The lowest BCUT2D eigenvalue weighted by atomic mass is 10.0. The zero-order valence-electron chi connectivity index (χ0n) is 15.8. The van der Waals surface area contributed by atoms with E-state index in [1.807, 2.05) is 0 Å². The van der Waals surface area contributed by atoms with E-state index >= 15 is 0 Å². The maximum absolute atomic E-state index is 13.2. The quantitative estimate of drug-likeness (QED) is 0.743. The monoisotopic (exact) mass is 394 g/mol. The summed E-state index contributed by atoms with van der Waals surface area (Å²) in [5, 5.41) is 0. The number of rotatable bonds is 5. The summed E-state index contributed by atoms with van der Waals surface area (Å²) < 4.78 is 35.2. The number of methoxy groups -OCH3 is 2. The molecule has 27 heavy (non-hydrogen) atoms. The van der Waals surface area contributed by atoms with Gasteiger partial charge in [0.15, 0.2) is 9.84 Å². The molecule has 148 valence electrons. The van der Waals surface area contributed by atoms with Crippen LogP contribution in [0.1, 0.15) is 23.2 Å². The molecular formula is C19H26N2O5S. The normalized spacial score (nSPS) is 27.3. The maximum atomic E-state index is 13.2. The predicted octanol–water partition coefficient (Wildman–Crippen LogP) is 1.04. The van der Waals surface area contributed by atoms with Crippen molar-refractivity contribution in [2.45, 2.75) is 24.9 Å². The standard InChI is InChI=1S/C19H26N2O5S/c1-25-15-7-14(8-16(9-15)26-2)19(22)21-6-5-20(10-13-3-4-13)17-11-27(23,24)12-18(17)21/h7-9,13,17-18H,3-6,10-12H2,1-2H3. The number of piperazine rings is 1. The molecule has 3 aliphatic rings. The van der Waals surface area contributed by atoms with Crippen molar-refractivity contribution in [1.82, 2.24) is 9.80 Å². The highest BCUT2D eigenvalue weighted by molar-refractivity contribution is 7.91. The molecule has 1 aliphatic carbocycles. The first kappa shape index (κ1) is 18.6. The minimum atomic E-state index is -3.14. The van der Waals surface area contributed by atoms with Gasteiger partial charge in [-0.2, -0.15) is 0 Å². The van der Waals surface area contributed by atoms with Gasteiger partial charge in [-0.05, 0) is 30.9 Å². The van der Waals surface area contributed by atoms with Gasteiger partial charge >= 0.3 is 0 Å². The highest BCUT2D eigenvalue weighted by atomic mass is 32.2. The molecule has 0 bridgehead atoms. The van der Waals surface area contributed by atoms with Crippen LogP contribution in [0.2, 0.25) is 0 Å². The number of carbonyl (C=O) groups is 1. The molecule has 0 radical (unpaired) electrons. The number of sulfone groups is 1. The molecule has 8 heteroatoms. The molecule has 2 saturated heterocycles. The molecule has 0 spiro atoms. The van der Waals surface area contributed by atoms with E-state index in [1.54, 1.807) is 37.3 Å². The Hall–Kier alpha value is -1.80. The molecule has 3 fully saturated rings. The zero-order chi connectivity index (χ0) is 19.2. The van der Waals surface area contributed by atoms with Crippen LogP contribution in [0.3, 0.4) is 0 Å². The Balaban J connectivity index is 1.60. The number of carbonyl (C=O) groups excluding carboxylic acids is 1. The van der Waals surface area contributed by atoms with Crippen LogP contribution in [0, 0.1) is 5.92 Å². The molecule has 1 aromatic carbocycles. The van der Waals surface area contributed by atoms with E-state index in [-0.39, 0.29) is 29.5 Å². The van der Waals surface area contributed by atoms with Crippen molar-refractivity contribution < 1.29 is 22.7 Å². The van der Waals surface area contributed by atoms with Crippen LogP contribution in [0.25, 0.3) is 0 Å². The second-order valence-electron chi connectivity index (χ2n) is 7.75. The largest absolute Gasteiger partial charge is 0.497 e. The van der Waals surface area contributed by atoms with Gasteiger partial charge in [0, 0.05) is 37.3 Å². The molecular weight excluding hydrogens is 368 g/mol. The summed E-state index contributed by atoms with van der Waals surface area (Å²) in [5.41, 5.74) is 0.463. The summed E-state index contributed by atoms with van der Waals surface area (Å²) in [5.74, 6) is 1.81. The van der Waals surface area contributed by atoms with Gasteiger partial charge in [0.05, 0.1) is 31.8 Å². The van der Waals surface area contributed by atoms with E-state index in [0.29, 0.717) is 29.5 Å². The van der Waals surface area contributed by atoms with Crippen LogP contribution >= 0.6 is 0 Å². The molecule has 0 N–H and O–H groups in total. The number of amides is 1. The van der Waals surface area contributed by atoms with Crippen LogP contribution < -0.4 is 9.47 Å². The minimum absolute atomic E-state index is 0.0473. The van der Waals surface area contributed by atoms with Gasteiger partial charge in [-0.15, -0.1) is 0 Å². The number of fused-ring (bicyclic) bond motifs is 1. The third-order valence-electron chi connectivity index (χ3n) is 5.84. The smallest absolute Gasteiger partial charge is 0.254 e. The van der Waals surface area contributed by atoms with Crippen LogP contribution in [0.5, 0.6) is 11.5 Å². The zero-order valence-corrected chi connectivity index (χ0v) is 16.6. The lowest BCUT2D eigenvalue weighted by molar-refractivity contribution is 0.0317. The van der Waals surface area contributed by atoms with E-state index in [0.717, 1.165) is 13.1 Å². The van der Waals surface area contributed by atoms with Crippen LogP contribution in [0.4, 0.5) is 0 Å². The molecule has 2 unspecified atom stereocenters. The second kappa shape index (κ2) is 6.98. The summed E-state index contributed by atoms with van der Waals surface area (Å²) in [4.78, 5) is 17.3. The van der Waals surface area contributed by atoms with Crippen molar-refractivity contribution in [3.8, 4) is 11.5 Å². The first-order chi connectivity index (χ1) is 12.9. The van der Waals surface area contributed by atoms with Gasteiger partial charge < -0.3 is 14.4 Å². The number of nitrogens with zero attached hydrogens (tertiary/aromatic N) is 2. The van der Waals surface area contributed by atoms with Crippen molar-refractivity contribution in [2.75, 3.05) is 45.4 Å². The second-order valence-corrected chi connectivity index (χ2v) is 9.90. The van der Waals surface area contributed by atoms with Gasteiger partial charge in [-0.1, -0.05) is 0 Å². The molecule has 2 heterocycles. The first-order valence-electron chi connectivity index (χ1n) is 9.38. The Morgan fingerprint density at radius 3 is 2.26 bits per heavy atom. The van der Waals surface area contributed by atoms with Crippen molar-refractivity contribution in [2.24, 2.45) is 5.92 Å². The third kappa shape index (κ3) is 3.78. The van der Waals surface area contributed by atoms with Crippen molar-refractivity contribution in [3.63, 3.8) is 0 Å². The first-order valence-corrected chi connectivity index (χ1v) is 11.2. The molecule has 1 saturated carbocycles. The minimum Gasteiger partial charge on any atom is -0.497 e. The highest BCUT2D eigenvalue weighted by Crippen LogP contribution is 2.35. The van der Waals surface area contributed by atoms with Crippen molar-refractivity contribution in [1.29, 1.82) is 0 Å². The SMILES string of the molecule is COc1cc(OC)cc(C(=O)N2CCN(CC3CC3)C3CS(=O)(=O)CC32)c1. The third-order valence-corrected chi connectivity index (χ3v) is 7.54. The predicted molar refractivity (Wildman–Crippen MR) is 101 cm³/mol. The molecule has 0 aromatic heterocycles. The van der Waals surface area contributed by atoms with E-state index in [1.165, 1.54) is 12.8 Å². The molecule has 2 aliphatic heterocycles. The fraction of sp³-hybridized carbons (Fsp3) is 0.632. The van der Waals surface area contributed by atoms with Gasteiger partial charge in [-0.25, -0.2) is 8.42 Å². The number of hydrogen-bond acceptors (Lipinski definition) is 6. The van der Waals surface area contributed by atoms with Crippen LogP contribution in [0.15, 0.2) is 18.2 Å². The fourth-order valence-electron chi connectivity index (χ4n) is 4.23. The summed E-state index contributed by atoms with van der Waals surface area (Å²) in [6.07, 6.45) is 2.46. The van der Waals surface area contributed by atoms with Crippen molar-refractivity contribution in [3.05, 3.63) is 23.8 Å². The van der Waals surface area contributed by atoms with E-state index in [9.17, 15) is 13.2 Å². The lowest BCUT2D eigenvalue weighted by Gasteiger charge is -2.44. The summed E-state index contributed by atoms with van der Waals surface area (Å²) in [6.45, 7) is 2.22. The number of hydrogen-bond donors (Lipinski definition) is 0. The number of benzene rings is 1. The molecule has 7 nitrogen and oxygen atoms in total. The average molecular weight is 394 g/mol. The Labute approximate surface area is 160 Å².